The molecule has 0 amide bonds. The van der Waals surface area contributed by atoms with Crippen LogP contribution in [0.5, 0.6) is 5.75 Å². The number of para-hydroxylation sites is 2. The third kappa shape index (κ3) is 2.60. The molecule has 24 heavy (non-hydrogen) atoms. The van der Waals surface area contributed by atoms with Gasteiger partial charge in [0, 0.05) is 13.0 Å². The number of aromatic nitrogens is 3. The first-order chi connectivity index (χ1) is 11.7. The topological polar surface area (TPSA) is 69.5 Å². The van der Waals surface area contributed by atoms with Gasteiger partial charge >= 0.3 is 5.97 Å². The smallest absolute Gasteiger partial charge is 0.348 e. The van der Waals surface area contributed by atoms with E-state index in [1.807, 2.05) is 31.3 Å². The lowest BCUT2D eigenvalue weighted by Gasteiger charge is -2.34. The zero-order valence-corrected chi connectivity index (χ0v) is 13.8. The molecule has 0 bridgehead atoms. The van der Waals surface area contributed by atoms with E-state index in [9.17, 15) is 4.79 Å². The average Bonchev–Trinajstić information content (AvgIpc) is 3.39. The average molecular weight is 328 g/mol. The zero-order chi connectivity index (χ0) is 16.7. The molecule has 7 nitrogen and oxygen atoms in total. The van der Waals surface area contributed by atoms with Crippen molar-refractivity contribution in [1.82, 2.24) is 14.8 Å². The Morgan fingerprint density at radius 3 is 2.88 bits per heavy atom. The maximum Gasteiger partial charge on any atom is 0.348 e. The third-order valence-electron chi connectivity index (χ3n) is 4.60. The van der Waals surface area contributed by atoms with Crippen molar-refractivity contribution in [1.29, 1.82) is 0 Å². The van der Waals surface area contributed by atoms with E-state index < -0.39 is 6.10 Å². The number of nitrogens with zero attached hydrogens (tertiary/aromatic N) is 4. The van der Waals surface area contributed by atoms with Gasteiger partial charge in [-0.25, -0.2) is 4.79 Å². The first kappa shape index (κ1) is 15.0. The molecule has 2 heterocycles. The van der Waals surface area contributed by atoms with Gasteiger partial charge in [0.05, 0.1) is 25.9 Å². The molecule has 1 saturated carbocycles. The standard InChI is InChI=1S/C17H20N4O3/c1-20-15(18-19-16(20)11-7-8-11)10-21-9-14(17(22)23-2)24-13-6-4-3-5-12(13)21/h3-6,11,14H,7-10H2,1-2H3. The Kier molecular flexibility index (Phi) is 3.63. The summed E-state index contributed by atoms with van der Waals surface area (Å²) in [4.78, 5) is 14.0. The molecule has 1 aliphatic carbocycles. The van der Waals surface area contributed by atoms with Crippen LogP contribution in [0.3, 0.4) is 0 Å². The van der Waals surface area contributed by atoms with Gasteiger partial charge < -0.3 is 18.9 Å². The van der Waals surface area contributed by atoms with E-state index in [1.165, 1.54) is 20.0 Å². The molecule has 0 saturated heterocycles. The Labute approximate surface area is 140 Å². The van der Waals surface area contributed by atoms with Gasteiger partial charge in [-0.05, 0) is 25.0 Å². The van der Waals surface area contributed by atoms with Crippen LogP contribution in [-0.4, -0.2) is 40.5 Å². The van der Waals surface area contributed by atoms with Gasteiger partial charge in [-0.1, -0.05) is 12.1 Å². The first-order valence-electron chi connectivity index (χ1n) is 8.14. The van der Waals surface area contributed by atoms with E-state index in [1.54, 1.807) is 0 Å². The van der Waals surface area contributed by atoms with Gasteiger partial charge in [0.15, 0.2) is 5.82 Å². The lowest BCUT2D eigenvalue weighted by atomic mass is 10.2. The highest BCUT2D eigenvalue weighted by molar-refractivity contribution is 5.78. The lowest BCUT2D eigenvalue weighted by Crippen LogP contribution is -2.45. The summed E-state index contributed by atoms with van der Waals surface area (Å²) in [5.41, 5.74) is 0.952. The van der Waals surface area contributed by atoms with Gasteiger partial charge in [0.1, 0.15) is 11.6 Å². The second kappa shape index (κ2) is 5.81. The summed E-state index contributed by atoms with van der Waals surface area (Å²) >= 11 is 0. The Balaban J connectivity index is 1.62. The zero-order valence-electron chi connectivity index (χ0n) is 13.8. The minimum Gasteiger partial charge on any atom is -0.475 e. The summed E-state index contributed by atoms with van der Waals surface area (Å²) in [6.07, 6.45) is 1.74. The summed E-state index contributed by atoms with van der Waals surface area (Å²) in [7, 11) is 3.38. The van der Waals surface area contributed by atoms with Crippen LogP contribution >= 0.6 is 0 Å². The maximum atomic E-state index is 11.9. The van der Waals surface area contributed by atoms with E-state index in [0.717, 1.165) is 17.3 Å². The monoisotopic (exact) mass is 328 g/mol. The number of carbonyl (C=O) groups is 1. The van der Waals surface area contributed by atoms with Crippen molar-refractivity contribution >= 4 is 11.7 Å². The van der Waals surface area contributed by atoms with Crippen LogP contribution in [0.25, 0.3) is 0 Å². The molecule has 1 unspecified atom stereocenters. The van der Waals surface area contributed by atoms with E-state index in [4.69, 9.17) is 9.47 Å². The quantitative estimate of drug-likeness (QED) is 0.795. The minimum absolute atomic E-state index is 0.369. The maximum absolute atomic E-state index is 11.9. The molecule has 0 N–H and O–H groups in total. The Hall–Kier alpha value is -2.57. The summed E-state index contributed by atoms with van der Waals surface area (Å²) in [6.45, 7) is 0.999. The Morgan fingerprint density at radius 1 is 1.33 bits per heavy atom. The number of methoxy groups -OCH3 is 1. The summed E-state index contributed by atoms with van der Waals surface area (Å²) in [5.74, 6) is 2.80. The molecule has 1 aromatic heterocycles. The van der Waals surface area contributed by atoms with Gasteiger partial charge in [-0.15, -0.1) is 10.2 Å². The van der Waals surface area contributed by atoms with Crippen LogP contribution in [0, 0.1) is 0 Å². The van der Waals surface area contributed by atoms with Crippen molar-refractivity contribution in [3.63, 3.8) is 0 Å². The van der Waals surface area contributed by atoms with Gasteiger partial charge in [-0.2, -0.15) is 0 Å². The highest BCUT2D eigenvalue weighted by Crippen LogP contribution is 2.39. The predicted octanol–water partition coefficient (Wildman–Crippen LogP) is 1.63. The summed E-state index contributed by atoms with van der Waals surface area (Å²) in [6, 6.07) is 7.70. The number of esters is 1. The normalized spacial score (nSPS) is 19.6. The molecule has 0 radical (unpaired) electrons. The molecule has 7 heteroatoms. The van der Waals surface area contributed by atoms with Crippen LogP contribution in [0.2, 0.25) is 0 Å². The van der Waals surface area contributed by atoms with Crippen molar-refractivity contribution in [2.24, 2.45) is 7.05 Å². The number of benzene rings is 1. The minimum atomic E-state index is -0.638. The fourth-order valence-corrected chi connectivity index (χ4v) is 3.09. The highest BCUT2D eigenvalue weighted by Gasteiger charge is 2.33. The highest BCUT2D eigenvalue weighted by atomic mass is 16.6. The van der Waals surface area contributed by atoms with Gasteiger partial charge in [0.25, 0.3) is 0 Å². The number of hydrogen-bond donors (Lipinski definition) is 0. The number of fused-ring (bicyclic) bond motifs is 1. The van der Waals surface area contributed by atoms with Crippen molar-refractivity contribution in [2.75, 3.05) is 18.6 Å². The number of ether oxygens (including phenoxy) is 2. The molecular formula is C17H20N4O3. The van der Waals surface area contributed by atoms with E-state index >= 15 is 0 Å². The van der Waals surface area contributed by atoms with Crippen molar-refractivity contribution in [3.05, 3.63) is 35.9 Å². The van der Waals surface area contributed by atoms with Crippen LogP contribution < -0.4 is 9.64 Å². The predicted molar refractivity (Wildman–Crippen MR) is 86.9 cm³/mol. The molecule has 0 spiro atoms. The van der Waals surface area contributed by atoms with Crippen LogP contribution in [0.15, 0.2) is 24.3 Å². The lowest BCUT2D eigenvalue weighted by molar-refractivity contribution is -0.148. The molecule has 1 atom stereocenters. The molecule has 2 aromatic rings. The fraction of sp³-hybridized carbons (Fsp3) is 0.471. The Bertz CT molecular complexity index is 769. The van der Waals surface area contributed by atoms with Gasteiger partial charge in [0.2, 0.25) is 6.10 Å². The second-order valence-electron chi connectivity index (χ2n) is 6.29. The van der Waals surface area contributed by atoms with Crippen LogP contribution in [-0.2, 0) is 23.1 Å². The second-order valence-corrected chi connectivity index (χ2v) is 6.29. The summed E-state index contributed by atoms with van der Waals surface area (Å²) in [5, 5.41) is 8.68. The SMILES string of the molecule is COC(=O)C1CN(Cc2nnc(C3CC3)n2C)c2ccccc2O1. The van der Waals surface area contributed by atoms with Crippen molar-refractivity contribution < 1.29 is 14.3 Å². The largest absolute Gasteiger partial charge is 0.475 e. The fourth-order valence-electron chi connectivity index (χ4n) is 3.09. The molecule has 1 fully saturated rings. The molecule has 126 valence electrons. The third-order valence-corrected chi connectivity index (χ3v) is 4.60. The van der Waals surface area contributed by atoms with Crippen LogP contribution in [0.1, 0.15) is 30.4 Å². The van der Waals surface area contributed by atoms with E-state index in [0.29, 0.717) is 24.8 Å². The molecule has 1 aromatic carbocycles. The Morgan fingerprint density at radius 2 is 2.12 bits per heavy atom. The number of rotatable bonds is 4. The molecular weight excluding hydrogens is 308 g/mol. The van der Waals surface area contributed by atoms with Gasteiger partial charge in [-0.3, -0.25) is 0 Å². The first-order valence-corrected chi connectivity index (χ1v) is 8.14. The van der Waals surface area contributed by atoms with E-state index in [2.05, 4.69) is 19.7 Å². The molecule has 4 rings (SSSR count). The number of hydrogen-bond acceptors (Lipinski definition) is 6. The summed E-state index contributed by atoms with van der Waals surface area (Å²) < 4.78 is 12.7. The van der Waals surface area contributed by atoms with E-state index in [-0.39, 0.29) is 5.97 Å². The molecule has 1 aliphatic heterocycles. The van der Waals surface area contributed by atoms with Crippen LogP contribution in [0.4, 0.5) is 5.69 Å². The number of anilines is 1. The number of carbonyl (C=O) groups excluding carboxylic acids is 1. The van der Waals surface area contributed by atoms with Crippen molar-refractivity contribution in [2.45, 2.75) is 31.4 Å². The van der Waals surface area contributed by atoms with Crippen molar-refractivity contribution in [3.8, 4) is 5.75 Å². The molecule has 2 aliphatic rings.